The number of rotatable bonds is 8. The zero-order valence-corrected chi connectivity index (χ0v) is 19.0. The molecular formula is C22H20N4O7S. The summed E-state index contributed by atoms with van der Waals surface area (Å²) in [5.41, 5.74) is 1.59. The summed E-state index contributed by atoms with van der Waals surface area (Å²) in [5.74, 6) is -0.710. The Hall–Kier alpha value is -4.19. The molecule has 4 rings (SSSR count). The number of aromatic nitrogens is 2. The molecule has 0 saturated carbocycles. The van der Waals surface area contributed by atoms with Gasteiger partial charge in [-0.3, -0.25) is 9.52 Å². The number of fused-ring (bicyclic) bond motifs is 1. The molecule has 2 N–H and O–H groups in total. The van der Waals surface area contributed by atoms with Crippen LogP contribution in [0.15, 0.2) is 68.8 Å². The third-order valence-corrected chi connectivity index (χ3v) is 6.15. The van der Waals surface area contributed by atoms with E-state index >= 15 is 0 Å². The molecule has 2 heterocycles. The van der Waals surface area contributed by atoms with Crippen molar-refractivity contribution < 1.29 is 31.7 Å². The van der Waals surface area contributed by atoms with Crippen LogP contribution >= 0.6 is 0 Å². The molecule has 1 amide bonds. The number of nitrogens with one attached hydrogen (secondary N) is 2. The van der Waals surface area contributed by atoms with Crippen molar-refractivity contribution in [1.29, 1.82) is 0 Å². The van der Waals surface area contributed by atoms with Crippen molar-refractivity contribution in [3.63, 3.8) is 0 Å². The second-order valence-electron chi connectivity index (χ2n) is 7.28. The predicted octanol–water partition coefficient (Wildman–Crippen LogP) is 3.50. The average Bonchev–Trinajstić information content (AvgIpc) is 3.45. The fraction of sp³-hybridized carbons (Fsp3) is 0.182. The van der Waals surface area contributed by atoms with Crippen molar-refractivity contribution in [1.82, 2.24) is 10.1 Å². The number of carbonyl (C=O) groups is 2. The van der Waals surface area contributed by atoms with Gasteiger partial charge in [-0.2, -0.15) is 0 Å². The molecule has 0 spiro atoms. The van der Waals surface area contributed by atoms with E-state index in [4.69, 9.17) is 13.7 Å². The van der Waals surface area contributed by atoms with E-state index < -0.39 is 28.0 Å². The number of carbonyl (C=O) groups excluding carboxylic acids is 2. The van der Waals surface area contributed by atoms with Gasteiger partial charge in [0.2, 0.25) is 0 Å². The summed E-state index contributed by atoms with van der Waals surface area (Å²) in [4.78, 5) is 29.1. The summed E-state index contributed by atoms with van der Waals surface area (Å²) in [5, 5.41) is 6.22. The van der Waals surface area contributed by atoms with E-state index in [0.717, 1.165) is 0 Å². The maximum atomic E-state index is 12.6. The minimum atomic E-state index is -3.89. The topological polar surface area (TPSA) is 154 Å². The van der Waals surface area contributed by atoms with E-state index in [9.17, 15) is 18.0 Å². The Morgan fingerprint density at radius 3 is 2.56 bits per heavy atom. The monoisotopic (exact) mass is 484 g/mol. The highest BCUT2D eigenvalue weighted by Gasteiger charge is 2.23. The van der Waals surface area contributed by atoms with Gasteiger partial charge in [-0.15, -0.1) is 0 Å². The van der Waals surface area contributed by atoms with Gasteiger partial charge in [-0.1, -0.05) is 12.1 Å². The van der Waals surface area contributed by atoms with Gasteiger partial charge >= 0.3 is 5.97 Å². The van der Waals surface area contributed by atoms with Crippen LogP contribution in [0.25, 0.3) is 11.1 Å². The molecule has 34 heavy (non-hydrogen) atoms. The Morgan fingerprint density at radius 1 is 1.12 bits per heavy atom. The van der Waals surface area contributed by atoms with Gasteiger partial charge in [-0.05, 0) is 55.8 Å². The Bertz CT molecular complexity index is 1440. The zero-order valence-electron chi connectivity index (χ0n) is 18.1. The largest absolute Gasteiger partial charge is 0.449 e. The van der Waals surface area contributed by atoms with Gasteiger partial charge in [0.05, 0.1) is 10.5 Å². The molecule has 12 heteroatoms. The minimum absolute atomic E-state index is 0.0344. The molecule has 0 aliphatic heterocycles. The molecule has 0 radical (unpaired) electrons. The van der Waals surface area contributed by atoms with Crippen molar-refractivity contribution in [2.24, 2.45) is 0 Å². The number of esters is 1. The molecule has 0 aliphatic rings. The predicted molar refractivity (Wildman–Crippen MR) is 121 cm³/mol. The fourth-order valence-electron chi connectivity index (χ4n) is 3.06. The lowest BCUT2D eigenvalue weighted by Crippen LogP contribution is -2.32. The summed E-state index contributed by atoms with van der Waals surface area (Å²) in [7, 11) is -3.89. The quantitative estimate of drug-likeness (QED) is 0.358. The number of ether oxygens (including phenoxy) is 1. The van der Waals surface area contributed by atoms with E-state index in [2.05, 4.69) is 20.2 Å². The van der Waals surface area contributed by atoms with E-state index in [1.165, 1.54) is 48.9 Å². The maximum Gasteiger partial charge on any atom is 0.338 e. The van der Waals surface area contributed by atoms with Crippen molar-refractivity contribution in [3.8, 4) is 0 Å². The van der Waals surface area contributed by atoms with Gasteiger partial charge < -0.3 is 19.0 Å². The van der Waals surface area contributed by atoms with Crippen LogP contribution in [-0.4, -0.2) is 36.5 Å². The smallest absolute Gasteiger partial charge is 0.338 e. The van der Waals surface area contributed by atoms with Gasteiger partial charge in [0.15, 0.2) is 23.9 Å². The molecule has 1 unspecified atom stereocenters. The number of benzene rings is 2. The number of oxazole rings is 1. The summed E-state index contributed by atoms with van der Waals surface area (Å²) in [6.07, 6.45) is 0.447. The molecule has 11 nitrogen and oxygen atoms in total. The number of sulfonamides is 1. The molecule has 176 valence electrons. The van der Waals surface area contributed by atoms with Crippen LogP contribution in [0.2, 0.25) is 0 Å². The van der Waals surface area contributed by atoms with E-state index in [0.29, 0.717) is 22.5 Å². The first-order valence-electron chi connectivity index (χ1n) is 10.2. The summed E-state index contributed by atoms with van der Waals surface area (Å²) < 4.78 is 42.6. The number of anilines is 2. The number of hydrogen-bond acceptors (Lipinski definition) is 9. The third kappa shape index (κ3) is 5.07. The Balaban J connectivity index is 1.39. The highest BCUT2D eigenvalue weighted by atomic mass is 32.2. The molecular weight excluding hydrogens is 464 g/mol. The lowest BCUT2D eigenvalue weighted by atomic mass is 10.2. The van der Waals surface area contributed by atoms with Crippen molar-refractivity contribution in [2.45, 2.75) is 31.3 Å². The molecule has 0 fully saturated rings. The van der Waals surface area contributed by atoms with E-state index in [1.54, 1.807) is 19.9 Å². The average molecular weight is 484 g/mol. The highest BCUT2D eigenvalue weighted by Crippen LogP contribution is 2.20. The lowest BCUT2D eigenvalue weighted by molar-refractivity contribution is -0.124. The second kappa shape index (κ2) is 9.35. The molecule has 2 aromatic heterocycles. The number of amides is 1. The SMILES string of the molecule is CCC(OC(=O)c1ccc2ocnc2c1)C(=O)Nc1ccc(S(=O)(=O)Nc2cc(C)on2)cc1. The Labute approximate surface area is 194 Å². The highest BCUT2D eigenvalue weighted by molar-refractivity contribution is 7.92. The molecule has 0 aliphatic carbocycles. The van der Waals surface area contributed by atoms with E-state index in [-0.39, 0.29) is 22.7 Å². The van der Waals surface area contributed by atoms with Crippen LogP contribution in [0.4, 0.5) is 11.5 Å². The maximum absolute atomic E-state index is 12.6. The zero-order chi connectivity index (χ0) is 24.3. The van der Waals surface area contributed by atoms with Crippen LogP contribution in [0.1, 0.15) is 29.5 Å². The van der Waals surface area contributed by atoms with Crippen molar-refractivity contribution >= 4 is 44.5 Å². The van der Waals surface area contributed by atoms with Gasteiger partial charge in [0.25, 0.3) is 15.9 Å². The van der Waals surface area contributed by atoms with Gasteiger partial charge in [-0.25, -0.2) is 18.2 Å². The molecule has 4 aromatic rings. The second-order valence-corrected chi connectivity index (χ2v) is 8.96. The Morgan fingerprint density at radius 2 is 1.88 bits per heavy atom. The number of nitrogens with zero attached hydrogens (tertiary/aromatic N) is 2. The van der Waals surface area contributed by atoms with Crippen LogP contribution < -0.4 is 10.0 Å². The first-order valence-corrected chi connectivity index (χ1v) is 11.6. The Kier molecular flexibility index (Phi) is 6.32. The standard InChI is InChI=1S/C22H20N4O7S/c1-3-18(32-22(28)14-4-9-19-17(11-14)23-12-31-19)21(27)24-15-5-7-16(8-6-15)34(29,30)26-20-10-13(2)33-25-20/h4-12,18H,3H2,1-2H3,(H,24,27)(H,25,26). The van der Waals surface area contributed by atoms with Crippen LogP contribution in [0.5, 0.6) is 0 Å². The van der Waals surface area contributed by atoms with E-state index in [1.807, 2.05) is 0 Å². The van der Waals surface area contributed by atoms with Crippen LogP contribution in [0.3, 0.4) is 0 Å². The third-order valence-electron chi connectivity index (χ3n) is 4.78. The minimum Gasteiger partial charge on any atom is -0.449 e. The van der Waals surface area contributed by atoms with Crippen molar-refractivity contribution in [3.05, 3.63) is 66.2 Å². The summed E-state index contributed by atoms with van der Waals surface area (Å²) in [6, 6.07) is 11.6. The lowest BCUT2D eigenvalue weighted by Gasteiger charge is -2.16. The van der Waals surface area contributed by atoms with Crippen molar-refractivity contribution in [2.75, 3.05) is 10.0 Å². The normalized spacial score (nSPS) is 12.3. The first-order chi connectivity index (χ1) is 16.2. The number of aryl methyl sites for hydroxylation is 1. The molecule has 2 aromatic carbocycles. The van der Waals surface area contributed by atoms with Crippen LogP contribution in [0, 0.1) is 6.92 Å². The number of hydrogen-bond donors (Lipinski definition) is 2. The summed E-state index contributed by atoms with van der Waals surface area (Å²) in [6.45, 7) is 3.34. The molecule has 0 bridgehead atoms. The first kappa shape index (κ1) is 23.0. The van der Waals surface area contributed by atoms with Gasteiger partial charge in [0.1, 0.15) is 11.3 Å². The van der Waals surface area contributed by atoms with Gasteiger partial charge in [0, 0.05) is 11.8 Å². The summed E-state index contributed by atoms with van der Waals surface area (Å²) >= 11 is 0. The molecule has 1 atom stereocenters. The van der Waals surface area contributed by atoms with Crippen LogP contribution in [-0.2, 0) is 19.6 Å². The fourth-order valence-corrected chi connectivity index (χ4v) is 4.04. The molecule has 0 saturated heterocycles.